The molecule has 1 fully saturated rings. The second-order valence-corrected chi connectivity index (χ2v) is 2.91. The summed E-state index contributed by atoms with van der Waals surface area (Å²) >= 11 is 1.26. The van der Waals surface area contributed by atoms with E-state index in [0.29, 0.717) is 0 Å². The molecular formula is C5H7NO2S. The first-order chi connectivity index (χ1) is 4.20. The molecule has 1 aliphatic heterocycles. The Morgan fingerprint density at radius 1 is 1.89 bits per heavy atom. The van der Waals surface area contributed by atoms with Crippen LogP contribution in [0, 0.1) is 0 Å². The summed E-state index contributed by atoms with van der Waals surface area (Å²) in [5.41, 5.74) is 0. The highest BCUT2D eigenvalue weighted by Crippen LogP contribution is 2.19. The molecule has 1 saturated heterocycles. The summed E-state index contributed by atoms with van der Waals surface area (Å²) in [6.07, 6.45) is 0. The van der Waals surface area contributed by atoms with Crippen molar-refractivity contribution >= 4 is 22.8 Å². The normalized spacial score (nSPS) is 25.0. The molecule has 1 atom stereocenters. The number of hydrogen-bond donors (Lipinski definition) is 1. The molecule has 50 valence electrons. The highest BCUT2D eigenvalue weighted by Gasteiger charge is 2.29. The van der Waals surface area contributed by atoms with E-state index in [1.54, 1.807) is 0 Å². The van der Waals surface area contributed by atoms with Crippen molar-refractivity contribution in [1.29, 1.82) is 0 Å². The summed E-state index contributed by atoms with van der Waals surface area (Å²) in [7, 11) is 0. The summed E-state index contributed by atoms with van der Waals surface area (Å²) in [4.78, 5) is 20.8. The van der Waals surface area contributed by atoms with Crippen LogP contribution in [0.1, 0.15) is 6.92 Å². The lowest BCUT2D eigenvalue weighted by molar-refractivity contribution is -0.123. The van der Waals surface area contributed by atoms with Gasteiger partial charge in [0.15, 0.2) is 0 Å². The maximum Gasteiger partial charge on any atom is 0.217 e. The molecule has 0 radical (unpaired) electrons. The Morgan fingerprint density at radius 3 is 2.67 bits per heavy atom. The number of carbonyl (C=O) groups excluding carboxylic acids is 2. The number of rotatable bonds is 1. The van der Waals surface area contributed by atoms with Gasteiger partial charge in [-0.1, -0.05) is 11.8 Å². The number of amides is 1. The second-order valence-electron chi connectivity index (χ2n) is 1.88. The summed E-state index contributed by atoms with van der Waals surface area (Å²) in [5, 5.41) is 2.59. The van der Waals surface area contributed by atoms with Gasteiger partial charge in [0.2, 0.25) is 11.0 Å². The zero-order valence-electron chi connectivity index (χ0n) is 5.01. The summed E-state index contributed by atoms with van der Waals surface area (Å²) in [6, 6.07) is -0.201. The molecule has 9 heavy (non-hydrogen) atoms. The average molecular weight is 145 g/mol. The van der Waals surface area contributed by atoms with Gasteiger partial charge in [0, 0.05) is 12.7 Å². The van der Waals surface area contributed by atoms with E-state index in [1.807, 2.05) is 0 Å². The molecule has 1 aliphatic rings. The molecule has 0 saturated carbocycles. The number of hydrogen-bond acceptors (Lipinski definition) is 3. The van der Waals surface area contributed by atoms with Gasteiger partial charge in [-0.3, -0.25) is 9.59 Å². The zero-order chi connectivity index (χ0) is 6.85. The van der Waals surface area contributed by atoms with Gasteiger partial charge in [0.25, 0.3) is 0 Å². The van der Waals surface area contributed by atoms with E-state index in [0.717, 1.165) is 5.75 Å². The lowest BCUT2D eigenvalue weighted by Gasteiger charge is -2.22. The second kappa shape index (κ2) is 2.39. The molecule has 0 aromatic heterocycles. The fourth-order valence-electron chi connectivity index (χ4n) is 0.581. The standard InChI is InChI=1S/C5H7NO2S/c1-3(7)6-4-2-9-5(4)8/h4H,2H2,1H3,(H,6,7)/t4-/m0/s1. The Bertz CT molecular complexity index is 157. The van der Waals surface area contributed by atoms with Crippen LogP contribution >= 0.6 is 11.8 Å². The van der Waals surface area contributed by atoms with Gasteiger partial charge in [0.1, 0.15) is 6.04 Å². The van der Waals surface area contributed by atoms with Crippen LogP contribution in [-0.4, -0.2) is 22.8 Å². The zero-order valence-corrected chi connectivity index (χ0v) is 5.83. The van der Waals surface area contributed by atoms with Crippen molar-refractivity contribution in [2.24, 2.45) is 0 Å². The van der Waals surface area contributed by atoms with E-state index in [1.165, 1.54) is 18.7 Å². The molecule has 4 heteroatoms. The predicted octanol–water partition coefficient (Wildman–Crippen LogP) is -0.236. The van der Waals surface area contributed by atoms with Crippen molar-refractivity contribution < 1.29 is 9.59 Å². The van der Waals surface area contributed by atoms with Crippen LogP contribution in [0.4, 0.5) is 0 Å². The Labute approximate surface area is 57.2 Å². The van der Waals surface area contributed by atoms with Crippen molar-refractivity contribution in [1.82, 2.24) is 5.32 Å². The van der Waals surface area contributed by atoms with Gasteiger partial charge in [0.05, 0.1) is 0 Å². The number of nitrogens with one attached hydrogen (secondary N) is 1. The van der Waals surface area contributed by atoms with Crippen molar-refractivity contribution in [3.63, 3.8) is 0 Å². The molecule has 0 bridgehead atoms. The average Bonchev–Trinajstić information content (AvgIpc) is 1.79. The van der Waals surface area contributed by atoms with Crippen LogP contribution in [-0.2, 0) is 9.59 Å². The Balaban J connectivity index is 2.29. The van der Waals surface area contributed by atoms with Gasteiger partial charge in [-0.2, -0.15) is 0 Å². The highest BCUT2D eigenvalue weighted by atomic mass is 32.2. The molecule has 0 aromatic carbocycles. The monoisotopic (exact) mass is 145 g/mol. The van der Waals surface area contributed by atoms with Gasteiger partial charge < -0.3 is 5.32 Å². The third kappa shape index (κ3) is 1.45. The van der Waals surface area contributed by atoms with Crippen molar-refractivity contribution in [2.75, 3.05) is 5.75 Å². The Morgan fingerprint density at radius 2 is 2.56 bits per heavy atom. The van der Waals surface area contributed by atoms with E-state index < -0.39 is 0 Å². The van der Waals surface area contributed by atoms with E-state index in [9.17, 15) is 9.59 Å². The molecule has 3 nitrogen and oxygen atoms in total. The van der Waals surface area contributed by atoms with E-state index >= 15 is 0 Å². The van der Waals surface area contributed by atoms with Crippen LogP contribution < -0.4 is 5.32 Å². The van der Waals surface area contributed by atoms with Crippen LogP contribution in [0.15, 0.2) is 0 Å². The van der Waals surface area contributed by atoms with Gasteiger partial charge >= 0.3 is 0 Å². The first kappa shape index (κ1) is 6.61. The Kier molecular flexibility index (Phi) is 1.75. The first-order valence-electron chi connectivity index (χ1n) is 2.64. The molecular weight excluding hydrogens is 138 g/mol. The lowest BCUT2D eigenvalue weighted by Crippen LogP contribution is -2.46. The van der Waals surface area contributed by atoms with Gasteiger partial charge in [-0.05, 0) is 0 Å². The molecule has 0 spiro atoms. The first-order valence-corrected chi connectivity index (χ1v) is 3.62. The fourth-order valence-corrected chi connectivity index (χ4v) is 1.19. The largest absolute Gasteiger partial charge is 0.345 e. The van der Waals surface area contributed by atoms with Crippen molar-refractivity contribution in [3.05, 3.63) is 0 Å². The summed E-state index contributed by atoms with van der Waals surface area (Å²) in [6.45, 7) is 1.41. The van der Waals surface area contributed by atoms with Gasteiger partial charge in [-0.15, -0.1) is 0 Å². The maximum atomic E-state index is 10.5. The molecule has 1 rings (SSSR count). The topological polar surface area (TPSA) is 46.2 Å². The van der Waals surface area contributed by atoms with Crippen molar-refractivity contribution in [2.45, 2.75) is 13.0 Å². The minimum Gasteiger partial charge on any atom is -0.345 e. The summed E-state index contributed by atoms with van der Waals surface area (Å²) in [5.74, 6) is 0.604. The summed E-state index contributed by atoms with van der Waals surface area (Å²) < 4.78 is 0. The predicted molar refractivity (Wildman–Crippen MR) is 35.1 cm³/mol. The SMILES string of the molecule is CC(=O)N[C@H]1CSC1=O. The maximum absolute atomic E-state index is 10.5. The van der Waals surface area contributed by atoms with Crippen LogP contribution in [0.5, 0.6) is 0 Å². The minimum absolute atomic E-state index is 0.0743. The molecule has 1 heterocycles. The molecule has 0 aromatic rings. The Hall–Kier alpha value is -0.510. The van der Waals surface area contributed by atoms with E-state index in [2.05, 4.69) is 5.32 Å². The smallest absolute Gasteiger partial charge is 0.217 e. The molecule has 1 amide bonds. The van der Waals surface area contributed by atoms with Crippen LogP contribution in [0.3, 0.4) is 0 Å². The molecule has 0 aliphatic carbocycles. The number of thioether (sulfide) groups is 1. The van der Waals surface area contributed by atoms with Crippen LogP contribution in [0.25, 0.3) is 0 Å². The molecule has 1 N–H and O–H groups in total. The third-order valence-corrected chi connectivity index (χ3v) is 2.12. The van der Waals surface area contributed by atoms with Crippen LogP contribution in [0.2, 0.25) is 0 Å². The van der Waals surface area contributed by atoms with E-state index in [4.69, 9.17) is 0 Å². The van der Waals surface area contributed by atoms with Crippen molar-refractivity contribution in [3.8, 4) is 0 Å². The van der Waals surface area contributed by atoms with Gasteiger partial charge in [-0.25, -0.2) is 0 Å². The number of carbonyl (C=O) groups is 2. The molecule has 0 unspecified atom stereocenters. The van der Waals surface area contributed by atoms with E-state index in [-0.39, 0.29) is 17.1 Å². The lowest BCUT2D eigenvalue weighted by atomic mass is 10.3. The third-order valence-electron chi connectivity index (χ3n) is 1.05. The highest BCUT2D eigenvalue weighted by molar-refractivity contribution is 8.16. The quantitative estimate of drug-likeness (QED) is 0.554. The minimum atomic E-state index is -0.201. The fraction of sp³-hybridized carbons (Fsp3) is 0.600.